The van der Waals surface area contributed by atoms with Gasteiger partial charge in [0.25, 0.3) is 0 Å². The lowest BCUT2D eigenvalue weighted by molar-refractivity contribution is -0.199. The maximum atomic E-state index is 7.11. The fourth-order valence-corrected chi connectivity index (χ4v) is 24.5. The van der Waals surface area contributed by atoms with Gasteiger partial charge in [0.2, 0.25) is 0 Å². The SMILES string of the molecule is Cc1cccc2c(C[C@@H](B3O[C@@H]4C[C@@H]5C[C@@H](C5(C)C)[C@]4(C)O3)N([Si](C)(C)C)[Si](C)(C)C)coc12.Cc1cccc2c(C[C@@H](Cl)B3O[C@@H]4C[C@@H]5C[C@@H](C5(C)C)[C@]4(C)O3)coc12. The van der Waals surface area contributed by atoms with Crippen molar-refractivity contribution in [1.82, 2.24) is 4.23 Å². The molecule has 2 aliphatic heterocycles. The van der Waals surface area contributed by atoms with E-state index in [1.807, 2.05) is 12.5 Å². The topological polar surface area (TPSA) is 66.4 Å². The number of furan rings is 2. The lowest BCUT2D eigenvalue weighted by Crippen LogP contribution is -2.68. The van der Waals surface area contributed by atoms with E-state index >= 15 is 0 Å². The average molecular weight is 870 g/mol. The summed E-state index contributed by atoms with van der Waals surface area (Å²) in [5.74, 6) is 2.86. The van der Waals surface area contributed by atoms with Gasteiger partial charge in [0.05, 0.1) is 41.2 Å². The van der Waals surface area contributed by atoms with Crippen LogP contribution >= 0.6 is 11.6 Å². The van der Waals surface area contributed by atoms with Gasteiger partial charge in [-0.1, -0.05) is 103 Å². The van der Waals surface area contributed by atoms with Crippen LogP contribution in [-0.2, 0) is 31.5 Å². The van der Waals surface area contributed by atoms with Crippen molar-refractivity contribution in [3.63, 3.8) is 0 Å². The second-order valence-electron chi connectivity index (χ2n) is 23.3. The molecule has 6 aliphatic carbocycles. The van der Waals surface area contributed by atoms with E-state index in [2.05, 4.69) is 135 Å². The highest BCUT2D eigenvalue weighted by Gasteiger charge is 2.70. The number of benzene rings is 2. The molecule has 10 atom stereocenters. The largest absolute Gasteiger partial charge is 0.477 e. The Morgan fingerprint density at radius 2 is 1.08 bits per heavy atom. The first-order valence-corrected chi connectivity index (χ1v) is 30.3. The Morgan fingerprint density at radius 3 is 1.53 bits per heavy atom. The predicted octanol–water partition coefficient (Wildman–Crippen LogP) is 12.1. The van der Waals surface area contributed by atoms with Crippen molar-refractivity contribution < 1.29 is 27.5 Å². The number of hydrogen-bond acceptors (Lipinski definition) is 7. The van der Waals surface area contributed by atoms with Crippen molar-refractivity contribution in [3.05, 3.63) is 71.2 Å². The van der Waals surface area contributed by atoms with Crippen LogP contribution in [0.1, 0.15) is 89.5 Å². The maximum Gasteiger partial charge on any atom is 0.477 e. The van der Waals surface area contributed by atoms with Gasteiger partial charge in [-0.3, -0.25) is 0 Å². The van der Waals surface area contributed by atoms with Crippen LogP contribution in [0.15, 0.2) is 57.8 Å². The lowest BCUT2D eigenvalue weighted by atomic mass is 9.43. The maximum absolute atomic E-state index is 7.11. The van der Waals surface area contributed by atoms with Crippen molar-refractivity contribution in [2.75, 3.05) is 0 Å². The van der Waals surface area contributed by atoms with Crippen LogP contribution in [0.4, 0.5) is 0 Å². The van der Waals surface area contributed by atoms with Crippen LogP contribution in [0.25, 0.3) is 21.9 Å². The fraction of sp³-hybridized carbons (Fsp3) is 0.667. The normalized spacial score (nSPS) is 33.5. The van der Waals surface area contributed by atoms with E-state index in [-0.39, 0.29) is 48.9 Å². The second-order valence-corrected chi connectivity index (χ2v) is 34.0. The quantitative estimate of drug-likeness (QED) is 0.123. The van der Waals surface area contributed by atoms with Gasteiger partial charge in [-0.2, -0.15) is 0 Å². The number of rotatable bonds is 9. The number of aryl methyl sites for hydroxylation is 2. The predicted molar refractivity (Wildman–Crippen MR) is 251 cm³/mol. The standard InChI is InChI=1S/C27H44BNO3Si2.C21H26BClO3/c1-18-12-11-13-21-19(17-30-25(18)21)14-24(29(33(5,6)7)34(8,9)10)28-31-23-16-20-15-22(26(20,2)3)27(23,4)32-28;1-12-6-5-7-15-13(11-24-19(12)15)8-18(23)22-25-17-10-14-9-16(20(14,2)3)21(17,4)26-22/h11-13,17,20,22-24H,14-16H2,1-10H3;5-7,11,14,16-18H,8-10H2,1-4H3/t20-,22-,23+,24-,27-;14-,16-,17+,18+,21-/m00/s1. The van der Waals surface area contributed by atoms with Crippen LogP contribution < -0.4 is 0 Å². The third-order valence-electron chi connectivity index (χ3n) is 16.9. The molecule has 2 aromatic carbocycles. The minimum Gasteiger partial charge on any atom is -0.464 e. The van der Waals surface area contributed by atoms with E-state index in [0.717, 1.165) is 58.8 Å². The Kier molecular flexibility index (Phi) is 10.6. The van der Waals surface area contributed by atoms with E-state index in [1.54, 1.807) is 0 Å². The summed E-state index contributed by atoms with van der Waals surface area (Å²) >= 11 is 6.79. The van der Waals surface area contributed by atoms with Crippen molar-refractivity contribution in [1.29, 1.82) is 0 Å². The van der Waals surface area contributed by atoms with Crippen LogP contribution in [0.5, 0.6) is 0 Å². The second kappa shape index (κ2) is 14.6. The molecule has 0 N–H and O–H groups in total. The van der Waals surface area contributed by atoms with Crippen LogP contribution in [0.3, 0.4) is 0 Å². The van der Waals surface area contributed by atoms with Gasteiger partial charge in [-0.05, 0) is 123 Å². The van der Waals surface area contributed by atoms with Crippen molar-refractivity contribution in [2.24, 2.45) is 34.5 Å². The molecule has 12 rings (SSSR count). The Labute approximate surface area is 367 Å². The molecule has 0 spiro atoms. The molecule has 60 heavy (non-hydrogen) atoms. The van der Waals surface area contributed by atoms with Crippen molar-refractivity contribution >= 4 is 64.2 Å². The monoisotopic (exact) mass is 869 g/mol. The molecule has 4 bridgehead atoms. The van der Waals surface area contributed by atoms with Crippen LogP contribution in [-0.4, -0.2) is 69.6 Å². The molecule has 8 aliphatic rings. The highest BCUT2D eigenvalue weighted by atomic mass is 35.5. The molecule has 0 unspecified atom stereocenters. The number of halogens is 1. The fourth-order valence-electron chi connectivity index (χ4n) is 13.8. The molecule has 2 aromatic heterocycles. The number of fused-ring (bicyclic) bond motifs is 2. The van der Waals surface area contributed by atoms with Gasteiger partial charge >= 0.3 is 14.2 Å². The van der Waals surface area contributed by atoms with E-state index in [0.29, 0.717) is 29.1 Å². The molecule has 4 heterocycles. The summed E-state index contributed by atoms with van der Waals surface area (Å²) in [5, 5.41) is 2.15. The number of nitrogens with zero attached hydrogens (tertiary/aromatic N) is 1. The van der Waals surface area contributed by atoms with Crippen LogP contribution in [0, 0.1) is 48.3 Å². The van der Waals surface area contributed by atoms with E-state index in [9.17, 15) is 0 Å². The highest BCUT2D eigenvalue weighted by Crippen LogP contribution is 2.67. The molecule has 4 aromatic rings. The third-order valence-corrected chi connectivity index (χ3v) is 24.9. The Balaban J connectivity index is 0.000000159. The first-order valence-electron chi connectivity index (χ1n) is 23.0. The summed E-state index contributed by atoms with van der Waals surface area (Å²) in [6, 6.07) is 12.7. The van der Waals surface area contributed by atoms with Gasteiger partial charge in [-0.15, -0.1) is 11.6 Å². The smallest absolute Gasteiger partial charge is 0.464 e. The molecule has 8 fully saturated rings. The van der Waals surface area contributed by atoms with E-state index in [4.69, 9.17) is 39.1 Å². The minimum atomic E-state index is -1.67. The summed E-state index contributed by atoms with van der Waals surface area (Å²) in [6.07, 6.45) is 10.6. The van der Waals surface area contributed by atoms with Crippen molar-refractivity contribution in [3.8, 4) is 0 Å². The summed E-state index contributed by atoms with van der Waals surface area (Å²) in [5.41, 5.74) is 7.03. The number of alkyl halides is 1. The number of hydrogen-bond donors (Lipinski definition) is 0. The highest BCUT2D eigenvalue weighted by molar-refractivity contribution is 6.90. The zero-order chi connectivity index (χ0) is 43.1. The van der Waals surface area contributed by atoms with E-state index < -0.39 is 16.5 Å². The lowest BCUT2D eigenvalue weighted by Gasteiger charge is -2.64. The molecular formula is C48H70B2ClNO6Si2. The molecule has 6 saturated carbocycles. The molecule has 7 nitrogen and oxygen atoms in total. The third kappa shape index (κ3) is 6.83. The molecular weight excluding hydrogens is 800 g/mol. The van der Waals surface area contributed by atoms with Gasteiger partial charge in [0.15, 0.2) is 0 Å². The van der Waals surface area contributed by atoms with Gasteiger partial charge in [0, 0.05) is 16.7 Å². The molecule has 0 amide bonds. The average Bonchev–Trinajstić information content (AvgIpc) is 3.93. The summed E-state index contributed by atoms with van der Waals surface area (Å²) in [6.45, 7) is 33.3. The van der Waals surface area contributed by atoms with Crippen LogP contribution in [0.2, 0.25) is 39.3 Å². The first-order chi connectivity index (χ1) is 27.9. The van der Waals surface area contributed by atoms with E-state index in [1.165, 1.54) is 29.4 Å². The molecule has 12 heteroatoms. The summed E-state index contributed by atoms with van der Waals surface area (Å²) < 4.78 is 41.6. The zero-order valence-electron chi connectivity index (χ0n) is 38.9. The summed E-state index contributed by atoms with van der Waals surface area (Å²) in [7, 11) is -3.88. The molecule has 2 saturated heterocycles. The van der Waals surface area contributed by atoms with Crippen molar-refractivity contribution in [2.45, 2.75) is 168 Å². The Bertz CT molecular complexity index is 2250. The minimum absolute atomic E-state index is 0.175. The summed E-state index contributed by atoms with van der Waals surface area (Å²) in [4.78, 5) is 0. The Morgan fingerprint density at radius 1 is 0.650 bits per heavy atom. The zero-order valence-corrected chi connectivity index (χ0v) is 41.7. The number of para-hydroxylation sites is 2. The first kappa shape index (κ1) is 43.4. The molecule has 324 valence electrons. The van der Waals surface area contributed by atoms with Gasteiger partial charge in [-0.25, -0.2) is 0 Å². The molecule has 0 radical (unpaired) electrons. The van der Waals surface area contributed by atoms with Gasteiger partial charge < -0.3 is 31.7 Å². The van der Waals surface area contributed by atoms with Gasteiger partial charge in [0.1, 0.15) is 27.6 Å². The Hall–Kier alpha value is -1.83.